The Hall–Kier alpha value is -2.30. The molecule has 1 aliphatic carbocycles. The van der Waals surface area contributed by atoms with Gasteiger partial charge >= 0.3 is 0 Å². The number of carbonyl (C=O) groups is 2. The topological polar surface area (TPSA) is 65.2 Å². The normalized spacial score (nSPS) is 36.7. The lowest BCUT2D eigenvalue weighted by atomic mass is 9.51. The molecule has 5 nitrogen and oxygen atoms in total. The van der Waals surface area contributed by atoms with Gasteiger partial charge in [-0.2, -0.15) is 0 Å². The van der Waals surface area contributed by atoms with Crippen molar-refractivity contribution >= 4 is 22.7 Å². The monoisotopic (exact) mass is 349 g/mol. The number of piperazine rings is 1. The van der Waals surface area contributed by atoms with Crippen LogP contribution in [-0.2, 0) is 21.4 Å². The fourth-order valence-electron chi connectivity index (χ4n) is 6.58. The Morgan fingerprint density at radius 2 is 2.00 bits per heavy atom. The minimum atomic E-state index is -0.787. The molecule has 2 amide bonds. The first kappa shape index (κ1) is 14.8. The zero-order valence-corrected chi connectivity index (χ0v) is 15.2. The zero-order chi connectivity index (χ0) is 17.9. The Kier molecular flexibility index (Phi) is 2.37. The molecule has 3 atom stereocenters. The number of H-pyrrole nitrogens is 1. The van der Waals surface area contributed by atoms with E-state index in [4.69, 9.17) is 0 Å². The van der Waals surface area contributed by atoms with Crippen LogP contribution >= 0.6 is 0 Å². The highest BCUT2D eigenvalue weighted by Crippen LogP contribution is 2.59. The predicted molar refractivity (Wildman–Crippen MR) is 97.7 cm³/mol. The molecule has 0 unspecified atom stereocenters. The molecule has 4 aliphatic heterocycles. The molecule has 0 saturated carbocycles. The number of fused-ring (bicyclic) bond motifs is 4. The smallest absolute Gasteiger partial charge is 0.249 e. The fraction of sp³-hybridized carbons (Fsp3) is 0.524. The van der Waals surface area contributed by atoms with Gasteiger partial charge in [0.25, 0.3) is 0 Å². The number of hydrogen-bond acceptors (Lipinski definition) is 2. The van der Waals surface area contributed by atoms with E-state index in [9.17, 15) is 9.59 Å². The molecule has 1 aromatic carbocycles. The molecule has 134 valence electrons. The number of piperidine rings is 2. The van der Waals surface area contributed by atoms with Crippen LogP contribution in [0.2, 0.25) is 0 Å². The molecule has 5 heteroatoms. The lowest BCUT2D eigenvalue weighted by Gasteiger charge is -2.64. The van der Waals surface area contributed by atoms with E-state index in [1.54, 1.807) is 0 Å². The van der Waals surface area contributed by atoms with E-state index in [1.807, 2.05) is 17.0 Å². The number of hydrogen-bond donors (Lipinski definition) is 2. The average molecular weight is 349 g/mol. The molecule has 5 heterocycles. The first-order valence-electron chi connectivity index (χ1n) is 9.65. The number of amides is 2. The Bertz CT molecular complexity index is 1010. The highest BCUT2D eigenvalue weighted by molar-refractivity contribution is 6.06. The van der Waals surface area contributed by atoms with Gasteiger partial charge in [0.05, 0.1) is 0 Å². The van der Waals surface area contributed by atoms with E-state index >= 15 is 0 Å². The number of nitrogens with one attached hydrogen (secondary N) is 2. The highest BCUT2D eigenvalue weighted by atomic mass is 16.2. The number of rotatable bonds is 0. The van der Waals surface area contributed by atoms with Crippen molar-refractivity contribution in [2.75, 3.05) is 6.54 Å². The second-order valence-electron chi connectivity index (χ2n) is 9.20. The number of aromatic nitrogens is 1. The third-order valence-electron chi connectivity index (χ3n) is 7.80. The molecule has 4 saturated heterocycles. The van der Waals surface area contributed by atoms with Crippen LogP contribution in [0.4, 0.5) is 0 Å². The van der Waals surface area contributed by atoms with Crippen molar-refractivity contribution in [3.8, 4) is 0 Å². The van der Waals surface area contributed by atoms with Gasteiger partial charge < -0.3 is 15.2 Å². The lowest BCUT2D eigenvalue weighted by Crippen LogP contribution is -2.84. The summed E-state index contributed by atoms with van der Waals surface area (Å²) in [5.41, 5.74) is 1.97. The standard InChI is InChI=1S/C21H23N3O2/c1-19(2)15-11-20-8-5-9-24(20)18(26)21(15,23-17(20)25)10-13-12-6-3-4-7-14(12)22-16(13)19/h3-4,6-7,15,22H,5,8-11H2,1-2H3,(H,23,25)/t15-,20-,21-/m1/s1. The maximum atomic E-state index is 13.6. The van der Waals surface area contributed by atoms with E-state index in [1.165, 1.54) is 16.6 Å². The summed E-state index contributed by atoms with van der Waals surface area (Å²) < 4.78 is 0. The van der Waals surface area contributed by atoms with Crippen molar-refractivity contribution in [1.82, 2.24) is 15.2 Å². The number of para-hydroxylation sites is 1. The molecule has 2 aromatic rings. The summed E-state index contributed by atoms with van der Waals surface area (Å²) in [6, 6.07) is 8.30. The van der Waals surface area contributed by atoms with Crippen LogP contribution in [0.1, 0.15) is 44.4 Å². The van der Waals surface area contributed by atoms with Gasteiger partial charge in [0.15, 0.2) is 0 Å². The van der Waals surface area contributed by atoms with Gasteiger partial charge in [-0.25, -0.2) is 0 Å². The molecule has 4 fully saturated rings. The van der Waals surface area contributed by atoms with Gasteiger partial charge in [-0.3, -0.25) is 9.59 Å². The quantitative estimate of drug-likeness (QED) is 0.766. The second-order valence-corrected chi connectivity index (χ2v) is 9.20. The average Bonchev–Trinajstić information content (AvgIpc) is 3.20. The van der Waals surface area contributed by atoms with Crippen molar-refractivity contribution in [3.05, 3.63) is 35.5 Å². The number of benzene rings is 1. The van der Waals surface area contributed by atoms with Crippen molar-refractivity contribution in [2.45, 2.75) is 56.0 Å². The maximum Gasteiger partial charge on any atom is 0.249 e. The van der Waals surface area contributed by atoms with Gasteiger partial charge in [-0.1, -0.05) is 32.0 Å². The Balaban J connectivity index is 1.64. The third kappa shape index (κ3) is 1.36. The van der Waals surface area contributed by atoms with E-state index in [0.717, 1.165) is 31.3 Å². The van der Waals surface area contributed by atoms with Gasteiger partial charge in [0.1, 0.15) is 11.1 Å². The van der Waals surface area contributed by atoms with E-state index in [-0.39, 0.29) is 23.1 Å². The maximum absolute atomic E-state index is 13.6. The Morgan fingerprint density at radius 3 is 2.85 bits per heavy atom. The van der Waals surface area contributed by atoms with Gasteiger partial charge in [-0.05, 0) is 30.9 Å². The zero-order valence-electron chi connectivity index (χ0n) is 15.2. The SMILES string of the molecule is CC1(C)c2[nH]c3ccccc3c2C[C@]23NC(=O)[C@@]4(CCCN4C2=O)C[C@H]13. The first-order valence-corrected chi connectivity index (χ1v) is 9.65. The fourth-order valence-corrected chi connectivity index (χ4v) is 6.58. The summed E-state index contributed by atoms with van der Waals surface area (Å²) in [7, 11) is 0. The minimum absolute atomic E-state index is 0.0740. The Labute approximate surface area is 152 Å². The van der Waals surface area contributed by atoms with Crippen molar-refractivity contribution in [1.29, 1.82) is 0 Å². The number of carbonyl (C=O) groups excluding carboxylic acids is 2. The van der Waals surface area contributed by atoms with Crippen LogP contribution in [-0.4, -0.2) is 39.3 Å². The number of nitrogens with zero attached hydrogens (tertiary/aromatic N) is 1. The van der Waals surface area contributed by atoms with Gasteiger partial charge in [-0.15, -0.1) is 0 Å². The molecule has 0 radical (unpaired) electrons. The highest BCUT2D eigenvalue weighted by Gasteiger charge is 2.72. The third-order valence-corrected chi connectivity index (χ3v) is 7.80. The molecule has 5 aliphatic rings. The van der Waals surface area contributed by atoms with Crippen LogP contribution in [0.3, 0.4) is 0 Å². The summed E-state index contributed by atoms with van der Waals surface area (Å²) >= 11 is 0. The van der Waals surface area contributed by atoms with Crippen LogP contribution < -0.4 is 5.32 Å². The lowest BCUT2D eigenvalue weighted by molar-refractivity contribution is -0.179. The van der Waals surface area contributed by atoms with E-state index in [2.05, 4.69) is 36.3 Å². The summed E-state index contributed by atoms with van der Waals surface area (Å²) in [5, 5.41) is 4.43. The van der Waals surface area contributed by atoms with Crippen LogP contribution in [0.5, 0.6) is 0 Å². The summed E-state index contributed by atoms with van der Waals surface area (Å²) in [6.45, 7) is 5.20. The van der Waals surface area contributed by atoms with Gasteiger partial charge in [0, 0.05) is 40.9 Å². The summed E-state index contributed by atoms with van der Waals surface area (Å²) in [6.07, 6.45) is 3.10. The minimum Gasteiger partial charge on any atom is -0.358 e. The predicted octanol–water partition coefficient (Wildman–Crippen LogP) is 2.25. The molecule has 7 rings (SSSR count). The molecular formula is C21H23N3O2. The second kappa shape index (κ2) is 4.16. The largest absolute Gasteiger partial charge is 0.358 e. The van der Waals surface area contributed by atoms with Crippen LogP contribution in [0.15, 0.2) is 24.3 Å². The van der Waals surface area contributed by atoms with Crippen LogP contribution in [0.25, 0.3) is 10.9 Å². The van der Waals surface area contributed by atoms with Crippen LogP contribution in [0, 0.1) is 5.92 Å². The molecule has 26 heavy (non-hydrogen) atoms. The molecule has 2 bridgehead atoms. The van der Waals surface area contributed by atoms with Crippen molar-refractivity contribution < 1.29 is 9.59 Å². The van der Waals surface area contributed by atoms with Crippen molar-refractivity contribution in [3.63, 3.8) is 0 Å². The Morgan fingerprint density at radius 1 is 1.19 bits per heavy atom. The molecule has 2 N–H and O–H groups in total. The van der Waals surface area contributed by atoms with E-state index in [0.29, 0.717) is 6.42 Å². The first-order chi connectivity index (χ1) is 12.4. The summed E-state index contributed by atoms with van der Waals surface area (Å²) in [5.74, 6) is 0.343. The molecule has 1 aromatic heterocycles. The van der Waals surface area contributed by atoms with E-state index < -0.39 is 11.1 Å². The summed E-state index contributed by atoms with van der Waals surface area (Å²) in [4.78, 5) is 32.2. The van der Waals surface area contributed by atoms with Gasteiger partial charge in [0.2, 0.25) is 11.8 Å². The molecule has 2 spiro atoms. The van der Waals surface area contributed by atoms with Crippen molar-refractivity contribution in [2.24, 2.45) is 5.92 Å². The molecular weight excluding hydrogens is 326 g/mol. The number of aromatic amines is 1.